The van der Waals surface area contributed by atoms with Crippen LogP contribution in [0.1, 0.15) is 0 Å². The standard InChI is InChI=1S/C5H6N6O2/c6-4(5-10-8-2-12-5)13-3-1-7-11-9-3/h1-2,5-6,10H,(H,7,9,11). The van der Waals surface area contributed by atoms with Crippen molar-refractivity contribution in [2.45, 2.75) is 6.23 Å². The van der Waals surface area contributed by atoms with E-state index in [1.807, 2.05) is 0 Å². The zero-order valence-corrected chi connectivity index (χ0v) is 6.39. The minimum atomic E-state index is -0.684. The van der Waals surface area contributed by atoms with Gasteiger partial charge in [-0.2, -0.15) is 10.3 Å². The average molecular weight is 182 g/mol. The van der Waals surface area contributed by atoms with E-state index >= 15 is 0 Å². The fraction of sp³-hybridized carbons (Fsp3) is 0.200. The van der Waals surface area contributed by atoms with E-state index in [2.05, 4.69) is 25.9 Å². The van der Waals surface area contributed by atoms with Gasteiger partial charge in [0.25, 0.3) is 18.0 Å². The van der Waals surface area contributed by atoms with Crippen LogP contribution >= 0.6 is 0 Å². The number of nitrogens with one attached hydrogen (secondary N) is 3. The van der Waals surface area contributed by atoms with Gasteiger partial charge in [-0.15, -0.1) is 10.2 Å². The molecule has 0 bridgehead atoms. The van der Waals surface area contributed by atoms with Crippen LogP contribution in [0.3, 0.4) is 0 Å². The maximum Gasteiger partial charge on any atom is 0.262 e. The zero-order chi connectivity index (χ0) is 9.10. The van der Waals surface area contributed by atoms with Crippen LogP contribution in [0.15, 0.2) is 11.3 Å². The molecule has 1 aliphatic heterocycles. The van der Waals surface area contributed by atoms with Crippen molar-refractivity contribution in [1.82, 2.24) is 20.8 Å². The summed E-state index contributed by atoms with van der Waals surface area (Å²) in [6.07, 6.45) is 1.87. The van der Waals surface area contributed by atoms with Crippen LogP contribution < -0.4 is 10.2 Å². The predicted octanol–water partition coefficient (Wildman–Crippen LogP) is -0.950. The monoisotopic (exact) mass is 182 g/mol. The Morgan fingerprint density at radius 2 is 2.62 bits per heavy atom. The van der Waals surface area contributed by atoms with Crippen LogP contribution in [-0.4, -0.2) is 33.9 Å². The number of hydrogen-bond acceptors (Lipinski definition) is 7. The molecule has 8 nitrogen and oxygen atoms in total. The van der Waals surface area contributed by atoms with Crippen LogP contribution in [-0.2, 0) is 4.74 Å². The highest BCUT2D eigenvalue weighted by Crippen LogP contribution is 2.03. The molecule has 0 saturated carbocycles. The minimum Gasteiger partial charge on any atom is -0.448 e. The molecule has 2 rings (SSSR count). The van der Waals surface area contributed by atoms with E-state index in [9.17, 15) is 0 Å². The molecule has 0 aliphatic carbocycles. The van der Waals surface area contributed by atoms with Crippen LogP contribution in [0, 0.1) is 5.41 Å². The van der Waals surface area contributed by atoms with Gasteiger partial charge in [0.15, 0.2) is 6.40 Å². The van der Waals surface area contributed by atoms with Gasteiger partial charge in [-0.3, -0.25) is 10.8 Å². The lowest BCUT2D eigenvalue weighted by Gasteiger charge is -2.09. The molecular weight excluding hydrogens is 176 g/mol. The summed E-state index contributed by atoms with van der Waals surface area (Å²) < 4.78 is 9.80. The Balaban J connectivity index is 1.92. The zero-order valence-electron chi connectivity index (χ0n) is 6.39. The van der Waals surface area contributed by atoms with E-state index in [0.29, 0.717) is 0 Å². The molecule has 0 amide bonds. The largest absolute Gasteiger partial charge is 0.448 e. The van der Waals surface area contributed by atoms with Crippen LogP contribution in [0.2, 0.25) is 0 Å². The minimum absolute atomic E-state index is 0.133. The first-order chi connectivity index (χ1) is 6.36. The fourth-order valence-corrected chi connectivity index (χ4v) is 0.747. The SMILES string of the molecule is N=C(Oc1cn[nH]n1)C1NN=CO1. The van der Waals surface area contributed by atoms with Crippen LogP contribution in [0.25, 0.3) is 0 Å². The Labute approximate surface area is 72.4 Å². The van der Waals surface area contributed by atoms with Gasteiger partial charge >= 0.3 is 0 Å². The van der Waals surface area contributed by atoms with Crippen molar-refractivity contribution >= 4 is 12.3 Å². The van der Waals surface area contributed by atoms with Gasteiger partial charge in [0.05, 0.1) is 0 Å². The Morgan fingerprint density at radius 1 is 1.69 bits per heavy atom. The highest BCUT2D eigenvalue weighted by atomic mass is 16.6. The van der Waals surface area contributed by atoms with E-state index in [0.717, 1.165) is 0 Å². The Kier molecular flexibility index (Phi) is 1.79. The van der Waals surface area contributed by atoms with Crippen LogP contribution in [0.4, 0.5) is 0 Å². The molecule has 68 valence electrons. The third-order valence-corrected chi connectivity index (χ3v) is 1.29. The summed E-state index contributed by atoms with van der Waals surface area (Å²) in [6.45, 7) is 0. The molecule has 1 atom stereocenters. The summed E-state index contributed by atoms with van der Waals surface area (Å²) in [5.74, 6) is 0.0775. The van der Waals surface area contributed by atoms with Gasteiger partial charge in [-0.05, 0) is 0 Å². The Bertz CT molecular complexity index is 312. The van der Waals surface area contributed by atoms with E-state index in [-0.39, 0.29) is 11.8 Å². The average Bonchev–Trinajstić information content (AvgIpc) is 2.74. The van der Waals surface area contributed by atoms with Gasteiger partial charge < -0.3 is 9.47 Å². The normalized spacial score (nSPS) is 19.2. The van der Waals surface area contributed by atoms with Crippen molar-refractivity contribution in [3.8, 4) is 5.88 Å². The van der Waals surface area contributed by atoms with Gasteiger partial charge in [0, 0.05) is 0 Å². The highest BCUT2D eigenvalue weighted by Gasteiger charge is 2.20. The number of hydrazone groups is 1. The first-order valence-corrected chi connectivity index (χ1v) is 3.41. The Morgan fingerprint density at radius 3 is 3.23 bits per heavy atom. The second-order valence-electron chi connectivity index (χ2n) is 2.15. The number of hydrogen-bond donors (Lipinski definition) is 3. The summed E-state index contributed by atoms with van der Waals surface area (Å²) in [4.78, 5) is 0. The number of ether oxygens (including phenoxy) is 2. The molecule has 1 aromatic rings. The molecule has 0 radical (unpaired) electrons. The number of aromatic amines is 1. The van der Waals surface area contributed by atoms with Crippen molar-refractivity contribution in [2.24, 2.45) is 5.10 Å². The topological polar surface area (TPSA) is 108 Å². The number of nitrogens with zero attached hydrogens (tertiary/aromatic N) is 3. The van der Waals surface area contributed by atoms with Gasteiger partial charge in [0.1, 0.15) is 6.20 Å². The lowest BCUT2D eigenvalue weighted by Crippen LogP contribution is -2.34. The lowest BCUT2D eigenvalue weighted by molar-refractivity contribution is 0.238. The molecule has 0 fully saturated rings. The smallest absolute Gasteiger partial charge is 0.262 e. The molecule has 1 unspecified atom stereocenters. The summed E-state index contributed by atoms with van der Waals surface area (Å²) >= 11 is 0. The molecule has 8 heteroatoms. The Hall–Kier alpha value is -2.12. The van der Waals surface area contributed by atoms with E-state index < -0.39 is 6.23 Å². The molecule has 0 saturated heterocycles. The fourth-order valence-electron chi connectivity index (χ4n) is 0.747. The van der Waals surface area contributed by atoms with Gasteiger partial charge in [-0.1, -0.05) is 0 Å². The molecule has 3 N–H and O–H groups in total. The number of rotatable bonds is 2. The summed E-state index contributed by atoms with van der Waals surface area (Å²) in [5.41, 5.74) is 2.51. The third kappa shape index (κ3) is 1.55. The van der Waals surface area contributed by atoms with Crippen molar-refractivity contribution < 1.29 is 9.47 Å². The summed E-state index contributed by atoms with van der Waals surface area (Å²) in [5, 5.41) is 20.4. The first-order valence-electron chi connectivity index (χ1n) is 3.41. The van der Waals surface area contributed by atoms with Gasteiger partial charge in [0.2, 0.25) is 0 Å². The van der Waals surface area contributed by atoms with Crippen molar-refractivity contribution in [3.63, 3.8) is 0 Å². The molecule has 2 heterocycles. The van der Waals surface area contributed by atoms with Crippen molar-refractivity contribution in [1.29, 1.82) is 5.41 Å². The molecular formula is C5H6N6O2. The number of H-pyrrole nitrogens is 1. The second-order valence-corrected chi connectivity index (χ2v) is 2.15. The lowest BCUT2D eigenvalue weighted by atomic mass is 10.6. The number of aromatic nitrogens is 3. The van der Waals surface area contributed by atoms with E-state index in [4.69, 9.17) is 14.9 Å². The maximum absolute atomic E-state index is 7.39. The quantitative estimate of drug-likeness (QED) is 0.403. The van der Waals surface area contributed by atoms with E-state index in [1.165, 1.54) is 12.6 Å². The first kappa shape index (κ1) is 7.53. The molecule has 1 aliphatic rings. The summed E-state index contributed by atoms with van der Waals surface area (Å²) in [6, 6.07) is 0. The second kappa shape index (κ2) is 3.09. The van der Waals surface area contributed by atoms with Crippen LogP contribution in [0.5, 0.6) is 5.88 Å². The molecule has 1 aromatic heterocycles. The van der Waals surface area contributed by atoms with Gasteiger partial charge in [-0.25, -0.2) is 0 Å². The molecule has 13 heavy (non-hydrogen) atoms. The molecule has 0 spiro atoms. The van der Waals surface area contributed by atoms with Crippen molar-refractivity contribution in [2.75, 3.05) is 0 Å². The maximum atomic E-state index is 7.39. The van der Waals surface area contributed by atoms with E-state index in [1.54, 1.807) is 0 Å². The third-order valence-electron chi connectivity index (χ3n) is 1.29. The summed E-state index contributed by atoms with van der Waals surface area (Å²) in [7, 11) is 0. The highest BCUT2D eigenvalue weighted by molar-refractivity contribution is 5.81. The molecule has 0 aromatic carbocycles. The van der Waals surface area contributed by atoms with Crippen molar-refractivity contribution in [3.05, 3.63) is 6.20 Å². The predicted molar refractivity (Wildman–Crippen MR) is 41.2 cm³/mol.